The molecular formula is C22H32O2. The number of phenolic OH excluding ortho intramolecular Hbond substituents is 1. The summed E-state index contributed by atoms with van der Waals surface area (Å²) in [5.41, 5.74) is 3.38. The minimum atomic E-state index is -0.240. The lowest BCUT2D eigenvalue weighted by Gasteiger charge is -2.54. The summed E-state index contributed by atoms with van der Waals surface area (Å²) < 4.78 is 6.47. The third-order valence-electron chi connectivity index (χ3n) is 6.48. The third-order valence-corrected chi connectivity index (χ3v) is 6.48. The van der Waals surface area contributed by atoms with E-state index in [9.17, 15) is 5.11 Å². The Balaban J connectivity index is 2.05. The molecule has 24 heavy (non-hydrogen) atoms. The van der Waals surface area contributed by atoms with Crippen LogP contribution >= 0.6 is 0 Å². The predicted molar refractivity (Wildman–Crippen MR) is 99.9 cm³/mol. The number of allylic oxidation sites excluding steroid dienone is 2. The molecule has 3 rings (SSSR count). The summed E-state index contributed by atoms with van der Waals surface area (Å²) >= 11 is 0. The Labute approximate surface area is 146 Å². The van der Waals surface area contributed by atoms with E-state index in [0.717, 1.165) is 37.0 Å². The van der Waals surface area contributed by atoms with Crippen LogP contribution in [0.25, 0.3) is 0 Å². The quantitative estimate of drug-likeness (QED) is 0.532. The van der Waals surface area contributed by atoms with Gasteiger partial charge in [-0.3, -0.25) is 0 Å². The summed E-state index contributed by atoms with van der Waals surface area (Å²) in [6, 6.07) is 4.14. The molecule has 1 aliphatic carbocycles. The van der Waals surface area contributed by atoms with E-state index in [1.807, 2.05) is 6.07 Å². The van der Waals surface area contributed by atoms with Crippen molar-refractivity contribution in [3.8, 4) is 11.5 Å². The third kappa shape index (κ3) is 2.74. The zero-order valence-corrected chi connectivity index (χ0v) is 15.9. The van der Waals surface area contributed by atoms with Crippen LogP contribution in [0.15, 0.2) is 23.8 Å². The second-order valence-corrected chi connectivity index (χ2v) is 8.50. The Morgan fingerprint density at radius 1 is 1.21 bits per heavy atom. The van der Waals surface area contributed by atoms with Gasteiger partial charge in [-0.15, -0.1) is 0 Å². The Hall–Kier alpha value is -1.44. The summed E-state index contributed by atoms with van der Waals surface area (Å²) in [4.78, 5) is 0. The zero-order valence-electron chi connectivity index (χ0n) is 15.9. The van der Waals surface area contributed by atoms with Gasteiger partial charge in [0.2, 0.25) is 0 Å². The molecular weight excluding hydrogens is 296 g/mol. The summed E-state index contributed by atoms with van der Waals surface area (Å²) in [6.45, 7) is 11.2. The highest BCUT2D eigenvalue weighted by Crippen LogP contribution is 2.60. The number of aryl methyl sites for hydroxylation is 1. The molecule has 132 valence electrons. The van der Waals surface area contributed by atoms with Gasteiger partial charge >= 0.3 is 0 Å². The predicted octanol–water partition coefficient (Wildman–Crippen LogP) is 6.13. The van der Waals surface area contributed by atoms with Gasteiger partial charge in [0.05, 0.1) is 0 Å². The lowest BCUT2D eigenvalue weighted by Crippen LogP contribution is -2.53. The molecule has 2 atom stereocenters. The Bertz CT molecular complexity index is 656. The zero-order chi connectivity index (χ0) is 17.5. The van der Waals surface area contributed by atoms with E-state index in [1.54, 1.807) is 0 Å². The number of hydrogen-bond donors (Lipinski definition) is 1. The SMILES string of the molecule is CCCCCc1cc(O)c2c(c1)OC(C)(C)C1(C)CCC(C)=CC21. The van der Waals surface area contributed by atoms with Crippen molar-refractivity contribution >= 4 is 0 Å². The van der Waals surface area contributed by atoms with Crippen molar-refractivity contribution in [1.82, 2.24) is 0 Å². The molecule has 0 saturated carbocycles. The van der Waals surface area contributed by atoms with Gasteiger partial charge < -0.3 is 9.84 Å². The van der Waals surface area contributed by atoms with Gasteiger partial charge in [-0.2, -0.15) is 0 Å². The fourth-order valence-electron chi connectivity index (χ4n) is 4.42. The highest BCUT2D eigenvalue weighted by Gasteiger charge is 2.54. The highest BCUT2D eigenvalue weighted by molar-refractivity contribution is 5.55. The normalized spacial score (nSPS) is 27.7. The topological polar surface area (TPSA) is 29.5 Å². The van der Waals surface area contributed by atoms with Crippen molar-refractivity contribution in [3.63, 3.8) is 0 Å². The van der Waals surface area contributed by atoms with E-state index in [-0.39, 0.29) is 16.9 Å². The second-order valence-electron chi connectivity index (χ2n) is 8.50. The molecule has 1 aliphatic heterocycles. The molecule has 1 aromatic carbocycles. The summed E-state index contributed by atoms with van der Waals surface area (Å²) in [6.07, 6.45) is 9.20. The van der Waals surface area contributed by atoms with Gasteiger partial charge in [0.1, 0.15) is 17.1 Å². The van der Waals surface area contributed by atoms with Gasteiger partial charge in [-0.25, -0.2) is 0 Å². The molecule has 2 nitrogen and oxygen atoms in total. The van der Waals surface area contributed by atoms with Crippen LogP contribution in [0.4, 0.5) is 0 Å². The van der Waals surface area contributed by atoms with Crippen LogP contribution in [-0.2, 0) is 6.42 Å². The van der Waals surface area contributed by atoms with Gasteiger partial charge in [-0.1, -0.05) is 38.3 Å². The largest absolute Gasteiger partial charge is 0.507 e. The van der Waals surface area contributed by atoms with E-state index in [0.29, 0.717) is 5.75 Å². The van der Waals surface area contributed by atoms with Crippen molar-refractivity contribution in [2.45, 2.75) is 84.7 Å². The fourth-order valence-corrected chi connectivity index (χ4v) is 4.42. The molecule has 2 aliphatic rings. The summed E-state index contributed by atoms with van der Waals surface area (Å²) in [5, 5.41) is 10.8. The first kappa shape index (κ1) is 17.4. The van der Waals surface area contributed by atoms with Crippen LogP contribution in [0.1, 0.15) is 83.8 Å². The van der Waals surface area contributed by atoms with Crippen LogP contribution < -0.4 is 4.74 Å². The number of hydrogen-bond acceptors (Lipinski definition) is 2. The van der Waals surface area contributed by atoms with E-state index < -0.39 is 0 Å². The van der Waals surface area contributed by atoms with Crippen molar-refractivity contribution in [1.29, 1.82) is 0 Å². The lowest BCUT2D eigenvalue weighted by molar-refractivity contribution is -0.0577. The molecule has 0 bridgehead atoms. The Morgan fingerprint density at radius 2 is 1.96 bits per heavy atom. The molecule has 0 saturated heterocycles. The molecule has 0 amide bonds. The number of benzene rings is 1. The Kier molecular flexibility index (Phi) is 4.44. The maximum Gasteiger partial charge on any atom is 0.127 e. The monoisotopic (exact) mass is 328 g/mol. The maximum absolute atomic E-state index is 10.8. The standard InChI is InChI=1S/C22H32O2/c1-6-7-8-9-16-13-18(23)20-17-12-15(2)10-11-22(17,5)21(3,4)24-19(20)14-16/h12-14,17,23H,6-11H2,1-5H3. The van der Waals surface area contributed by atoms with Gasteiger partial charge in [0.25, 0.3) is 0 Å². The number of unbranched alkanes of at least 4 members (excludes halogenated alkanes) is 2. The van der Waals surface area contributed by atoms with Crippen LogP contribution in [0.3, 0.4) is 0 Å². The fraction of sp³-hybridized carbons (Fsp3) is 0.636. The smallest absolute Gasteiger partial charge is 0.127 e. The molecule has 0 radical (unpaired) electrons. The van der Waals surface area contributed by atoms with Crippen LogP contribution in [0.2, 0.25) is 0 Å². The van der Waals surface area contributed by atoms with Gasteiger partial charge in [0, 0.05) is 16.9 Å². The number of ether oxygens (including phenoxy) is 1. The molecule has 0 fully saturated rings. The van der Waals surface area contributed by atoms with E-state index in [1.165, 1.54) is 24.0 Å². The first-order chi connectivity index (χ1) is 11.3. The lowest BCUT2D eigenvalue weighted by atomic mass is 9.57. The van der Waals surface area contributed by atoms with Crippen molar-refractivity contribution in [3.05, 3.63) is 34.9 Å². The molecule has 0 aromatic heterocycles. The van der Waals surface area contributed by atoms with Gasteiger partial charge in [0.15, 0.2) is 0 Å². The minimum Gasteiger partial charge on any atom is -0.507 e. The average molecular weight is 328 g/mol. The van der Waals surface area contributed by atoms with E-state index in [4.69, 9.17) is 4.74 Å². The van der Waals surface area contributed by atoms with Crippen molar-refractivity contribution in [2.75, 3.05) is 0 Å². The molecule has 2 unspecified atom stereocenters. The van der Waals surface area contributed by atoms with Crippen LogP contribution in [0.5, 0.6) is 11.5 Å². The highest BCUT2D eigenvalue weighted by atomic mass is 16.5. The average Bonchev–Trinajstić information content (AvgIpc) is 2.49. The minimum absolute atomic E-state index is 0.0146. The van der Waals surface area contributed by atoms with Crippen LogP contribution in [0, 0.1) is 5.41 Å². The van der Waals surface area contributed by atoms with E-state index >= 15 is 0 Å². The number of phenols is 1. The number of fused-ring (bicyclic) bond motifs is 3. The van der Waals surface area contributed by atoms with Crippen molar-refractivity contribution in [2.24, 2.45) is 5.41 Å². The molecule has 1 N–H and O–H groups in total. The summed E-state index contributed by atoms with van der Waals surface area (Å²) in [7, 11) is 0. The molecule has 0 spiro atoms. The first-order valence-electron chi connectivity index (χ1n) is 9.50. The van der Waals surface area contributed by atoms with Gasteiger partial charge in [-0.05, 0) is 64.2 Å². The molecule has 1 heterocycles. The first-order valence-corrected chi connectivity index (χ1v) is 9.50. The summed E-state index contributed by atoms with van der Waals surface area (Å²) in [5.74, 6) is 1.53. The van der Waals surface area contributed by atoms with E-state index in [2.05, 4.69) is 46.8 Å². The molecule has 1 aromatic rings. The second kappa shape index (κ2) is 6.13. The number of aromatic hydroxyl groups is 1. The Morgan fingerprint density at radius 3 is 2.67 bits per heavy atom. The molecule has 2 heteroatoms. The maximum atomic E-state index is 10.8. The number of rotatable bonds is 4. The van der Waals surface area contributed by atoms with Crippen molar-refractivity contribution < 1.29 is 9.84 Å². The van der Waals surface area contributed by atoms with Crippen LogP contribution in [-0.4, -0.2) is 10.7 Å².